The maximum atomic E-state index is 11.9. The van der Waals surface area contributed by atoms with Crippen molar-refractivity contribution >= 4 is 47.5 Å². The fourth-order valence-corrected chi connectivity index (χ4v) is 11.9. The first-order valence-electron chi connectivity index (χ1n) is 40.1. The molecular weight excluding hydrogens is 1500 g/mol. The number of piperidine rings is 2. The zero-order valence-electron chi connectivity index (χ0n) is 69.8. The fraction of sp³-hybridized carbons (Fsp3) is 0.435. The van der Waals surface area contributed by atoms with Crippen LogP contribution < -0.4 is 27.0 Å². The first kappa shape index (κ1) is 98.2. The number of ketones is 2. The summed E-state index contributed by atoms with van der Waals surface area (Å²) in [5.41, 5.74) is 10.8. The SMILES string of the molecule is C=CCCNC(=O)OC(C)(C)C.CC(C)(C)OC(=O)NCCC(O)CC(=O)c1ccccc1.CC(C)(C)OC(=O)NCCC1CC(c2ccccc2)=NO1.NCCC(O)CC(=O)c1ccccc1.O/N=C/c1ccccc1.OC1CCN2OC2(c2ccccc2)C1.OC1CCN=C(c2ccccc2)C1.OC1CCNC(O)(c2ccccc2)C1. The number of rotatable bonds is 22. The average Bonchev–Trinajstić information content (AvgIpc) is 1.56. The summed E-state index contributed by atoms with van der Waals surface area (Å²) in [5.74, 6) is -0.146. The molecule has 0 aliphatic carbocycles. The molecule has 3 amide bonds. The van der Waals surface area contributed by atoms with E-state index in [9.17, 15) is 54.6 Å². The van der Waals surface area contributed by atoms with Gasteiger partial charge in [0.15, 0.2) is 17.3 Å². The van der Waals surface area contributed by atoms with Crippen molar-refractivity contribution in [3.8, 4) is 0 Å². The molecule has 9 unspecified atom stereocenters. The lowest BCUT2D eigenvalue weighted by atomic mass is 9.92. The summed E-state index contributed by atoms with van der Waals surface area (Å²) < 4.78 is 15.2. The molecule has 0 aromatic heterocycles. The van der Waals surface area contributed by atoms with Crippen LogP contribution in [0.3, 0.4) is 0 Å². The zero-order valence-corrected chi connectivity index (χ0v) is 69.8. The second-order valence-corrected chi connectivity index (χ2v) is 31.4. The van der Waals surface area contributed by atoms with Crippen LogP contribution >= 0.6 is 0 Å². The predicted octanol–water partition coefficient (Wildman–Crippen LogP) is 13.6. The molecule has 0 bridgehead atoms. The number of amides is 3. The topological polar surface area (TPSA) is 391 Å². The lowest BCUT2D eigenvalue weighted by Gasteiger charge is -2.36. The van der Waals surface area contributed by atoms with Gasteiger partial charge in [-0.25, -0.2) is 14.4 Å². The van der Waals surface area contributed by atoms with Gasteiger partial charge in [0.2, 0.25) is 0 Å². The van der Waals surface area contributed by atoms with Gasteiger partial charge in [0, 0.05) is 107 Å². The van der Waals surface area contributed by atoms with Gasteiger partial charge < -0.3 is 76.6 Å². The smallest absolute Gasteiger partial charge is 0.407 e. The molecule has 640 valence electrons. The number of oxime groups is 2. The number of ether oxygens (including phenoxy) is 3. The first-order chi connectivity index (χ1) is 56.2. The van der Waals surface area contributed by atoms with E-state index < -0.39 is 53.0 Å². The number of hydrogen-bond donors (Lipinski definition) is 12. The number of aliphatic hydroxyl groups is 6. The molecule has 5 heterocycles. The van der Waals surface area contributed by atoms with Crippen molar-refractivity contribution in [3.63, 3.8) is 0 Å². The number of nitrogens with two attached hydrogens (primary N) is 1. The van der Waals surface area contributed by atoms with Gasteiger partial charge in [0.25, 0.3) is 0 Å². The Kier molecular flexibility index (Phi) is 43.1. The molecule has 0 radical (unpaired) electrons. The van der Waals surface area contributed by atoms with Gasteiger partial charge in [-0.3, -0.25) is 24.7 Å². The predicted molar refractivity (Wildman–Crippen MR) is 459 cm³/mol. The average molecular weight is 1630 g/mol. The highest BCUT2D eigenvalue weighted by atomic mass is 16.9. The molecule has 5 aliphatic heterocycles. The molecule has 0 spiro atoms. The molecular formula is C92H125N9O17. The molecule has 3 saturated heterocycles. The molecule has 118 heavy (non-hydrogen) atoms. The maximum Gasteiger partial charge on any atom is 0.407 e. The highest BCUT2D eigenvalue weighted by Gasteiger charge is 2.59. The number of carbonyl (C=O) groups is 5. The van der Waals surface area contributed by atoms with E-state index in [4.69, 9.17) is 34.8 Å². The molecule has 7 aromatic carbocycles. The van der Waals surface area contributed by atoms with Crippen molar-refractivity contribution in [2.75, 3.05) is 45.8 Å². The van der Waals surface area contributed by atoms with E-state index in [-0.39, 0.29) is 61.1 Å². The molecule has 26 nitrogen and oxygen atoms in total. The van der Waals surface area contributed by atoms with Crippen LogP contribution in [0.15, 0.2) is 240 Å². The minimum absolute atomic E-state index is 0.00939. The summed E-state index contributed by atoms with van der Waals surface area (Å²) in [7, 11) is 0. The Labute approximate surface area is 695 Å². The number of fused-ring (bicyclic) bond motifs is 1. The van der Waals surface area contributed by atoms with Crippen LogP contribution in [0.25, 0.3) is 0 Å². The molecule has 3 fully saturated rings. The maximum absolute atomic E-state index is 11.9. The van der Waals surface area contributed by atoms with E-state index >= 15 is 0 Å². The van der Waals surface area contributed by atoms with Crippen LogP contribution in [-0.4, -0.2) is 188 Å². The molecule has 7 aromatic rings. The van der Waals surface area contributed by atoms with Gasteiger partial charge in [-0.15, -0.1) is 11.6 Å². The van der Waals surface area contributed by atoms with E-state index in [0.717, 1.165) is 78.0 Å². The van der Waals surface area contributed by atoms with Crippen LogP contribution in [0.4, 0.5) is 14.4 Å². The van der Waals surface area contributed by atoms with Gasteiger partial charge in [0.05, 0.1) is 42.4 Å². The van der Waals surface area contributed by atoms with Crippen LogP contribution in [-0.2, 0) is 35.3 Å². The van der Waals surface area contributed by atoms with Gasteiger partial charge in [-0.1, -0.05) is 229 Å². The minimum Gasteiger partial charge on any atom is -0.444 e. The second kappa shape index (κ2) is 51.8. The van der Waals surface area contributed by atoms with E-state index in [1.54, 1.807) is 63.2 Å². The number of hydroxylamine groups is 2. The van der Waals surface area contributed by atoms with E-state index in [2.05, 4.69) is 55.3 Å². The van der Waals surface area contributed by atoms with Crippen LogP contribution in [0.5, 0.6) is 0 Å². The second-order valence-electron chi connectivity index (χ2n) is 31.4. The minimum atomic E-state index is -1.06. The van der Waals surface area contributed by atoms with Crippen LogP contribution in [0.1, 0.15) is 194 Å². The van der Waals surface area contributed by atoms with Crippen molar-refractivity contribution in [2.24, 2.45) is 21.0 Å². The third-order valence-electron chi connectivity index (χ3n) is 17.7. The summed E-state index contributed by atoms with van der Waals surface area (Å²) in [4.78, 5) is 72.7. The number of nitrogens with zero attached hydrogens (tertiary/aromatic N) is 4. The number of nitrogens with one attached hydrogen (secondary N) is 4. The van der Waals surface area contributed by atoms with Crippen molar-refractivity contribution in [2.45, 2.75) is 211 Å². The van der Waals surface area contributed by atoms with Crippen LogP contribution in [0.2, 0.25) is 0 Å². The Balaban J connectivity index is 0.000000243. The molecule has 13 N–H and O–H groups in total. The van der Waals surface area contributed by atoms with Gasteiger partial charge in [-0.2, -0.15) is 0 Å². The van der Waals surface area contributed by atoms with Crippen molar-refractivity contribution in [1.29, 1.82) is 0 Å². The lowest BCUT2D eigenvalue weighted by molar-refractivity contribution is -0.0676. The molecule has 0 saturated carbocycles. The fourth-order valence-electron chi connectivity index (χ4n) is 11.9. The number of alkyl carbamates (subject to hydrolysis) is 3. The quantitative estimate of drug-likeness (QED) is 0.00438. The summed E-state index contributed by atoms with van der Waals surface area (Å²) in [6.07, 6.45) is 6.88. The third-order valence-corrected chi connectivity index (χ3v) is 17.7. The van der Waals surface area contributed by atoms with E-state index in [0.29, 0.717) is 82.3 Å². The van der Waals surface area contributed by atoms with E-state index in [1.165, 1.54) is 6.21 Å². The van der Waals surface area contributed by atoms with Crippen molar-refractivity contribution in [3.05, 3.63) is 264 Å². The lowest BCUT2D eigenvalue weighted by Crippen LogP contribution is -2.50. The Morgan fingerprint density at radius 2 is 1.02 bits per heavy atom. The Morgan fingerprint density at radius 3 is 1.48 bits per heavy atom. The van der Waals surface area contributed by atoms with E-state index in [1.807, 2.05) is 210 Å². The monoisotopic (exact) mass is 1630 g/mol. The van der Waals surface area contributed by atoms with Crippen LogP contribution in [0, 0.1) is 0 Å². The summed E-state index contributed by atoms with van der Waals surface area (Å²) in [6, 6.07) is 66.8. The molecule has 26 heteroatoms. The number of Topliss-reactive ketones (excluding diaryl/α,β-unsaturated/α-hetero) is 2. The molecule has 12 rings (SSSR count). The number of benzene rings is 7. The number of aliphatic imine (C=N–C) groups is 1. The Bertz CT molecular complexity index is 4070. The highest BCUT2D eigenvalue weighted by molar-refractivity contribution is 6.02. The Hall–Kier alpha value is -10.4. The Morgan fingerprint density at radius 1 is 0.576 bits per heavy atom. The summed E-state index contributed by atoms with van der Waals surface area (Å²) >= 11 is 0. The van der Waals surface area contributed by atoms with Gasteiger partial charge in [-0.05, 0) is 130 Å². The highest BCUT2D eigenvalue weighted by Crippen LogP contribution is 2.51. The zero-order chi connectivity index (χ0) is 86.4. The number of aliphatic hydroxyl groups excluding tert-OH is 5. The molecule has 5 aliphatic rings. The largest absolute Gasteiger partial charge is 0.444 e. The molecule has 9 atom stereocenters. The van der Waals surface area contributed by atoms with Gasteiger partial charge >= 0.3 is 18.3 Å². The third kappa shape index (κ3) is 40.2. The summed E-state index contributed by atoms with van der Waals surface area (Å²) in [5, 5.41) is 86.0. The number of carbonyl (C=O) groups excluding carboxylic acids is 5. The van der Waals surface area contributed by atoms with Crippen molar-refractivity contribution in [1.82, 2.24) is 26.3 Å². The number of hydrogen-bond acceptors (Lipinski definition) is 23. The first-order valence-corrected chi connectivity index (χ1v) is 40.1. The normalized spacial score (nSPS) is 19.9. The van der Waals surface area contributed by atoms with Crippen molar-refractivity contribution < 1.29 is 83.7 Å². The van der Waals surface area contributed by atoms with Gasteiger partial charge in [0.1, 0.15) is 28.6 Å². The standard InChI is InChI=1S/C16H22N2O3.C16H23NO4.C11H13NO2.2C11H15NO2.C11H13NO.C9H17NO2.C7H7NO/c1-16(2,3)20-15(19)17-10-9-13-11-14(18-21-13)12-7-5-4-6-8-12;1-16(2,3)21-15(20)17-10-9-13(18)11-14(19)12-7-5-4-6-8-12;13-10-6-7-12-11(8-10,14-12)9-4-2-1-3-5-9;13-10-6-7-12-11(14,8-10)9-4-2-1-3-5-9;12-7-6-10(13)8-11(14)9-4-2-1-3-5-9;13-10-6-7-12-11(8-10)9-4-2-1-3-5-9;1-5-6-7-10-8(11)12-9(2,3)4;9-8-6-7-4-2-1-3-5-7/h4-8,13H,9-11H2,1-3H3,(H,17,19);4-8,13,18H,9-11H2,1-3H3,(H,17,20);1-5,10,13H,6-8H2;1-5,10,12-14H,6-8H2;1-5,10,13H,6-8,12H2;1-5,10,13H,6-8H2;5H,1,6-7H2,2-4H3,(H,10,11);1-6,9H/b;;;;;;;8-6+. The summed E-state index contributed by atoms with van der Waals surface area (Å²) in [6.45, 7) is 23.9.